The predicted octanol–water partition coefficient (Wildman–Crippen LogP) is 6.02. The lowest BCUT2D eigenvalue weighted by molar-refractivity contribution is -0.126. The Bertz CT molecular complexity index is 836. The zero-order valence-electron chi connectivity index (χ0n) is 16.2. The number of piperidine rings is 1. The summed E-state index contributed by atoms with van der Waals surface area (Å²) in [6.07, 6.45) is 2.03. The first-order valence-electron chi connectivity index (χ1n) is 9.77. The van der Waals surface area contributed by atoms with Gasteiger partial charge in [-0.25, -0.2) is 0 Å². The number of amides is 1. The Labute approximate surface area is 195 Å². The van der Waals surface area contributed by atoms with Crippen LogP contribution in [-0.2, 0) is 17.1 Å². The summed E-state index contributed by atoms with van der Waals surface area (Å²) in [6, 6.07) is 14.0. The van der Waals surface area contributed by atoms with Crippen LogP contribution in [0.5, 0.6) is 0 Å². The summed E-state index contributed by atoms with van der Waals surface area (Å²) in [6.45, 7) is 3.44. The molecule has 7 heteroatoms. The molecule has 0 aromatic heterocycles. The van der Waals surface area contributed by atoms with Gasteiger partial charge in [0, 0.05) is 45.7 Å². The Kier molecular flexibility index (Phi) is 9.19. The maximum Gasteiger partial charge on any atom is 0.224 e. The molecule has 1 atom stereocenters. The molecule has 0 spiro atoms. The molecule has 1 aliphatic heterocycles. The number of likely N-dealkylation sites (tertiary alicyclic amines) is 1. The van der Waals surface area contributed by atoms with Crippen LogP contribution in [0.3, 0.4) is 0 Å². The molecule has 1 aliphatic rings. The van der Waals surface area contributed by atoms with Gasteiger partial charge in [-0.1, -0.05) is 57.3 Å². The summed E-state index contributed by atoms with van der Waals surface area (Å²) >= 11 is 17.4. The van der Waals surface area contributed by atoms with Crippen molar-refractivity contribution in [3.8, 4) is 0 Å². The number of carbonyl (C=O) groups is 1. The van der Waals surface area contributed by atoms with Gasteiger partial charge in [0.2, 0.25) is 5.91 Å². The van der Waals surface area contributed by atoms with Gasteiger partial charge >= 0.3 is 0 Å². The van der Waals surface area contributed by atoms with Crippen LogP contribution >= 0.6 is 50.9 Å². The van der Waals surface area contributed by atoms with E-state index in [1.54, 1.807) is 17.8 Å². The Morgan fingerprint density at radius 2 is 2.10 bits per heavy atom. The molecule has 3 nitrogen and oxygen atoms in total. The third-order valence-electron chi connectivity index (χ3n) is 4.99. The van der Waals surface area contributed by atoms with Gasteiger partial charge in [-0.3, -0.25) is 9.69 Å². The molecular weight excluding hydrogens is 491 g/mol. The largest absolute Gasteiger partial charge is 0.355 e. The first-order valence-corrected chi connectivity index (χ1v) is 12.5. The fourth-order valence-electron chi connectivity index (χ4n) is 3.52. The van der Waals surface area contributed by atoms with E-state index in [1.807, 2.05) is 18.2 Å². The van der Waals surface area contributed by atoms with Crippen molar-refractivity contribution in [2.75, 3.05) is 25.4 Å². The van der Waals surface area contributed by atoms with Crippen molar-refractivity contribution < 1.29 is 4.79 Å². The summed E-state index contributed by atoms with van der Waals surface area (Å²) in [5, 5.41) is 4.45. The molecule has 29 heavy (non-hydrogen) atoms. The predicted molar refractivity (Wildman–Crippen MR) is 128 cm³/mol. The topological polar surface area (TPSA) is 32.3 Å². The molecule has 2 aromatic carbocycles. The number of nitrogens with one attached hydrogen (secondary N) is 1. The van der Waals surface area contributed by atoms with Crippen LogP contribution in [0.25, 0.3) is 0 Å². The molecule has 0 radical (unpaired) electrons. The second kappa shape index (κ2) is 11.6. The fourth-order valence-corrected chi connectivity index (χ4v) is 5.38. The van der Waals surface area contributed by atoms with Crippen LogP contribution in [0.4, 0.5) is 0 Å². The Hall–Kier alpha value is -0.720. The molecule has 1 amide bonds. The average Bonchev–Trinajstić information content (AvgIpc) is 2.69. The standard InChI is InChI=1S/C22H25BrCl2N2OS/c23-19-5-1-3-16(11-19)13-27-9-2-4-17(14-27)22(28)26-8-10-29-15-18-6-7-20(24)12-21(18)25/h1,3,5-7,11-12,17H,2,4,8-10,13-15H2,(H,26,28). The zero-order chi connectivity index (χ0) is 20.6. The molecule has 0 saturated carbocycles. The highest BCUT2D eigenvalue weighted by molar-refractivity contribution is 9.10. The number of hydrogen-bond donors (Lipinski definition) is 1. The molecule has 1 saturated heterocycles. The number of halogens is 3. The van der Waals surface area contributed by atoms with E-state index in [9.17, 15) is 4.79 Å². The fraction of sp³-hybridized carbons (Fsp3) is 0.409. The van der Waals surface area contributed by atoms with Crippen LogP contribution in [0.2, 0.25) is 10.0 Å². The van der Waals surface area contributed by atoms with E-state index < -0.39 is 0 Å². The Morgan fingerprint density at radius 3 is 2.90 bits per heavy atom. The van der Waals surface area contributed by atoms with E-state index in [-0.39, 0.29) is 11.8 Å². The van der Waals surface area contributed by atoms with E-state index in [2.05, 4.69) is 44.3 Å². The highest BCUT2D eigenvalue weighted by Crippen LogP contribution is 2.25. The zero-order valence-corrected chi connectivity index (χ0v) is 20.1. The van der Waals surface area contributed by atoms with Crippen molar-refractivity contribution >= 4 is 56.8 Å². The maximum absolute atomic E-state index is 12.6. The lowest BCUT2D eigenvalue weighted by Crippen LogP contribution is -2.43. The summed E-state index contributed by atoms with van der Waals surface area (Å²) in [5.74, 6) is 1.93. The molecule has 1 N–H and O–H groups in total. The molecule has 2 aromatic rings. The van der Waals surface area contributed by atoms with E-state index in [0.29, 0.717) is 16.6 Å². The van der Waals surface area contributed by atoms with Gasteiger partial charge in [0.05, 0.1) is 5.92 Å². The minimum absolute atomic E-state index is 0.0756. The van der Waals surface area contributed by atoms with E-state index in [0.717, 1.165) is 54.0 Å². The Morgan fingerprint density at radius 1 is 1.24 bits per heavy atom. The smallest absolute Gasteiger partial charge is 0.224 e. The summed E-state index contributed by atoms with van der Waals surface area (Å²) in [4.78, 5) is 15.0. The molecule has 0 bridgehead atoms. The van der Waals surface area contributed by atoms with Crippen LogP contribution in [-0.4, -0.2) is 36.2 Å². The van der Waals surface area contributed by atoms with Crippen molar-refractivity contribution in [3.63, 3.8) is 0 Å². The SMILES string of the molecule is O=C(NCCSCc1ccc(Cl)cc1Cl)C1CCCN(Cc2cccc(Br)c2)C1. The van der Waals surface area contributed by atoms with Gasteiger partial charge in [0.25, 0.3) is 0 Å². The third-order valence-corrected chi connectivity index (χ3v) is 7.08. The molecule has 0 aliphatic carbocycles. The maximum atomic E-state index is 12.6. The van der Waals surface area contributed by atoms with Gasteiger partial charge < -0.3 is 5.32 Å². The van der Waals surface area contributed by atoms with Crippen molar-refractivity contribution in [3.05, 3.63) is 68.1 Å². The average molecular weight is 516 g/mol. The normalized spacial score (nSPS) is 17.3. The monoisotopic (exact) mass is 514 g/mol. The van der Waals surface area contributed by atoms with Gasteiger partial charge in [0.15, 0.2) is 0 Å². The minimum Gasteiger partial charge on any atom is -0.355 e. The number of carbonyl (C=O) groups excluding carboxylic acids is 1. The molecule has 1 heterocycles. The molecule has 1 fully saturated rings. The quantitative estimate of drug-likeness (QED) is 0.436. The van der Waals surface area contributed by atoms with Gasteiger partial charge in [0.1, 0.15) is 0 Å². The van der Waals surface area contributed by atoms with Crippen LogP contribution < -0.4 is 5.32 Å². The molecule has 1 unspecified atom stereocenters. The van der Waals surface area contributed by atoms with Crippen LogP contribution in [0.15, 0.2) is 46.9 Å². The summed E-state index contributed by atoms with van der Waals surface area (Å²) in [7, 11) is 0. The third kappa shape index (κ3) is 7.48. The highest BCUT2D eigenvalue weighted by Gasteiger charge is 2.25. The van der Waals surface area contributed by atoms with Gasteiger partial charge in [-0.2, -0.15) is 11.8 Å². The minimum atomic E-state index is 0.0756. The van der Waals surface area contributed by atoms with Crippen LogP contribution in [0.1, 0.15) is 24.0 Å². The number of benzene rings is 2. The molecular formula is C22H25BrCl2N2OS. The van der Waals surface area contributed by atoms with E-state index >= 15 is 0 Å². The lowest BCUT2D eigenvalue weighted by atomic mass is 9.96. The second-order valence-corrected chi connectivity index (χ2v) is 10.1. The Balaban J connectivity index is 1.37. The highest BCUT2D eigenvalue weighted by atomic mass is 79.9. The molecule has 156 valence electrons. The number of thioether (sulfide) groups is 1. The van der Waals surface area contributed by atoms with E-state index in [4.69, 9.17) is 23.2 Å². The summed E-state index contributed by atoms with van der Waals surface area (Å²) in [5.41, 5.74) is 2.35. The van der Waals surface area contributed by atoms with Crippen molar-refractivity contribution in [2.24, 2.45) is 5.92 Å². The molecule has 3 rings (SSSR count). The number of nitrogens with zero attached hydrogens (tertiary/aromatic N) is 1. The van der Waals surface area contributed by atoms with Gasteiger partial charge in [-0.15, -0.1) is 0 Å². The van der Waals surface area contributed by atoms with Crippen LogP contribution in [0, 0.1) is 5.92 Å². The number of hydrogen-bond acceptors (Lipinski definition) is 3. The van der Waals surface area contributed by atoms with Crippen molar-refractivity contribution in [1.82, 2.24) is 10.2 Å². The number of rotatable bonds is 8. The van der Waals surface area contributed by atoms with Crippen molar-refractivity contribution in [1.29, 1.82) is 0 Å². The van der Waals surface area contributed by atoms with Gasteiger partial charge in [-0.05, 0) is 54.8 Å². The van der Waals surface area contributed by atoms with E-state index in [1.165, 1.54) is 5.56 Å². The second-order valence-electron chi connectivity index (χ2n) is 7.28. The van der Waals surface area contributed by atoms with Crippen molar-refractivity contribution in [2.45, 2.75) is 25.1 Å². The first-order chi connectivity index (χ1) is 14.0. The lowest BCUT2D eigenvalue weighted by Gasteiger charge is -2.32. The first kappa shape index (κ1) is 23.0. The summed E-state index contributed by atoms with van der Waals surface area (Å²) < 4.78 is 1.10.